The molecule has 0 bridgehead atoms. The Morgan fingerprint density at radius 1 is 1.03 bits per heavy atom. The van der Waals surface area contributed by atoms with Gasteiger partial charge in [0.1, 0.15) is 12.4 Å². The molecular weight excluding hydrogens is 441 g/mol. The Hall–Kier alpha value is -2.84. The van der Waals surface area contributed by atoms with Crippen LogP contribution in [0.2, 0.25) is 0 Å². The molecule has 0 unspecified atom stereocenters. The van der Waals surface area contributed by atoms with E-state index in [-0.39, 0.29) is 19.6 Å². The van der Waals surface area contributed by atoms with Crippen LogP contribution in [-0.4, -0.2) is 22.8 Å². The third kappa shape index (κ3) is 6.11. The van der Waals surface area contributed by atoms with Crippen molar-refractivity contribution in [1.82, 2.24) is 0 Å². The molecular formula is C24H23F3O4S. The molecule has 8 heteroatoms. The standard InChI is InChI=1S/C24H23F3O4S/c1-15-12-20(8-4-16(15)5-9-23(29)30)31-14-22-18(10-11-28)13-21(32-22)17-2-6-19(7-3-17)24(25,26)27/h2-4,6-8,12-13,28H,5,9-11,14H2,1H3,(H,29,30). The highest BCUT2D eigenvalue weighted by atomic mass is 32.1. The molecule has 0 saturated heterocycles. The number of carbonyl (C=O) groups is 1. The van der Waals surface area contributed by atoms with Gasteiger partial charge in [-0.2, -0.15) is 13.2 Å². The van der Waals surface area contributed by atoms with Gasteiger partial charge in [0.2, 0.25) is 0 Å². The predicted octanol–water partition coefficient (Wildman–Crippen LogP) is 5.87. The van der Waals surface area contributed by atoms with Crippen molar-refractivity contribution in [3.63, 3.8) is 0 Å². The first-order valence-corrected chi connectivity index (χ1v) is 10.8. The van der Waals surface area contributed by atoms with Crippen LogP contribution in [0.5, 0.6) is 5.75 Å². The van der Waals surface area contributed by atoms with E-state index in [4.69, 9.17) is 9.84 Å². The first-order chi connectivity index (χ1) is 15.2. The lowest BCUT2D eigenvalue weighted by Crippen LogP contribution is -2.03. The SMILES string of the molecule is Cc1cc(OCc2sc(-c3ccc(C(F)(F)F)cc3)cc2CCO)ccc1CCC(=O)O. The number of alkyl halides is 3. The quantitative estimate of drug-likeness (QED) is 0.415. The lowest BCUT2D eigenvalue weighted by atomic mass is 10.0. The van der Waals surface area contributed by atoms with Gasteiger partial charge in [-0.25, -0.2) is 0 Å². The minimum atomic E-state index is -4.38. The number of rotatable bonds is 9. The van der Waals surface area contributed by atoms with Gasteiger partial charge in [0.25, 0.3) is 0 Å². The zero-order valence-corrected chi connectivity index (χ0v) is 18.2. The Labute approximate surface area is 187 Å². The number of aliphatic hydroxyl groups excluding tert-OH is 1. The van der Waals surface area contributed by atoms with Crippen LogP contribution in [-0.2, 0) is 30.4 Å². The van der Waals surface area contributed by atoms with Gasteiger partial charge in [0, 0.05) is 22.8 Å². The number of hydrogen-bond acceptors (Lipinski definition) is 4. The first-order valence-electron chi connectivity index (χ1n) is 10.0. The Balaban J connectivity index is 1.74. The molecule has 0 saturated carbocycles. The molecule has 0 fully saturated rings. The van der Waals surface area contributed by atoms with Crippen molar-refractivity contribution in [2.24, 2.45) is 0 Å². The van der Waals surface area contributed by atoms with E-state index >= 15 is 0 Å². The van der Waals surface area contributed by atoms with Crippen LogP contribution in [0.1, 0.15) is 33.6 Å². The second-order valence-corrected chi connectivity index (χ2v) is 8.52. The Morgan fingerprint density at radius 3 is 2.34 bits per heavy atom. The smallest absolute Gasteiger partial charge is 0.416 e. The lowest BCUT2D eigenvalue weighted by molar-refractivity contribution is -0.138. The summed E-state index contributed by atoms with van der Waals surface area (Å²) in [6, 6.07) is 12.4. The minimum Gasteiger partial charge on any atom is -0.488 e. The van der Waals surface area contributed by atoms with Crippen LogP contribution in [0.4, 0.5) is 13.2 Å². The number of aliphatic hydroxyl groups is 1. The molecule has 32 heavy (non-hydrogen) atoms. The lowest BCUT2D eigenvalue weighted by Gasteiger charge is -2.10. The molecule has 2 N–H and O–H groups in total. The van der Waals surface area contributed by atoms with Gasteiger partial charge in [0.05, 0.1) is 5.56 Å². The summed E-state index contributed by atoms with van der Waals surface area (Å²) in [5.74, 6) is -0.205. The van der Waals surface area contributed by atoms with E-state index in [0.717, 1.165) is 38.6 Å². The van der Waals surface area contributed by atoms with E-state index in [1.54, 1.807) is 6.07 Å². The normalized spacial score (nSPS) is 11.5. The van der Waals surface area contributed by atoms with Gasteiger partial charge in [0.15, 0.2) is 0 Å². The molecule has 0 amide bonds. The van der Waals surface area contributed by atoms with Crippen molar-refractivity contribution in [3.05, 3.63) is 75.7 Å². The van der Waals surface area contributed by atoms with Gasteiger partial charge in [-0.1, -0.05) is 18.2 Å². The van der Waals surface area contributed by atoms with Crippen molar-refractivity contribution in [1.29, 1.82) is 0 Å². The zero-order valence-electron chi connectivity index (χ0n) is 17.4. The van der Waals surface area contributed by atoms with Crippen LogP contribution in [0, 0.1) is 6.92 Å². The molecule has 0 aliphatic carbocycles. The highest BCUT2D eigenvalue weighted by Crippen LogP contribution is 2.35. The number of aryl methyl sites for hydroxylation is 2. The first kappa shape index (κ1) is 23.8. The minimum absolute atomic E-state index is 0.0480. The fraction of sp³-hybridized carbons (Fsp3) is 0.292. The second-order valence-electron chi connectivity index (χ2n) is 7.38. The van der Waals surface area contributed by atoms with Gasteiger partial charge in [-0.05, 0) is 72.4 Å². The average molecular weight is 465 g/mol. The van der Waals surface area contributed by atoms with Crippen LogP contribution in [0.3, 0.4) is 0 Å². The van der Waals surface area contributed by atoms with E-state index < -0.39 is 17.7 Å². The molecule has 1 heterocycles. The van der Waals surface area contributed by atoms with Crippen molar-refractivity contribution in [2.75, 3.05) is 6.61 Å². The molecule has 2 aromatic carbocycles. The molecule has 0 aliphatic rings. The van der Waals surface area contributed by atoms with E-state index in [1.807, 2.05) is 25.1 Å². The molecule has 170 valence electrons. The third-order valence-electron chi connectivity index (χ3n) is 5.07. The summed E-state index contributed by atoms with van der Waals surface area (Å²) < 4.78 is 44.4. The highest BCUT2D eigenvalue weighted by Gasteiger charge is 2.30. The van der Waals surface area contributed by atoms with Gasteiger partial charge in [-0.3, -0.25) is 4.79 Å². The number of hydrogen-bond donors (Lipinski definition) is 2. The molecule has 1 aromatic heterocycles. The third-order valence-corrected chi connectivity index (χ3v) is 6.27. The van der Waals surface area contributed by atoms with E-state index in [0.29, 0.717) is 24.2 Å². The average Bonchev–Trinajstić information content (AvgIpc) is 3.14. The molecule has 4 nitrogen and oxygen atoms in total. The predicted molar refractivity (Wildman–Crippen MR) is 117 cm³/mol. The Bertz CT molecular complexity index is 1070. The van der Waals surface area contributed by atoms with Crippen molar-refractivity contribution >= 4 is 17.3 Å². The van der Waals surface area contributed by atoms with Gasteiger partial charge < -0.3 is 14.9 Å². The largest absolute Gasteiger partial charge is 0.488 e. The number of ether oxygens (including phenoxy) is 1. The number of halogens is 3. The van der Waals surface area contributed by atoms with Crippen molar-refractivity contribution in [3.8, 4) is 16.2 Å². The zero-order chi connectivity index (χ0) is 23.3. The van der Waals surface area contributed by atoms with Crippen molar-refractivity contribution in [2.45, 2.75) is 39.0 Å². The van der Waals surface area contributed by atoms with E-state index in [9.17, 15) is 23.1 Å². The van der Waals surface area contributed by atoms with Gasteiger partial charge >= 0.3 is 12.1 Å². The van der Waals surface area contributed by atoms with Crippen molar-refractivity contribution < 1.29 is 32.9 Å². The maximum atomic E-state index is 12.8. The molecule has 3 aromatic rings. The Kier molecular flexibility index (Phi) is 7.58. The summed E-state index contributed by atoms with van der Waals surface area (Å²) in [5, 5.41) is 18.2. The van der Waals surface area contributed by atoms with E-state index in [1.165, 1.54) is 23.5 Å². The summed E-state index contributed by atoms with van der Waals surface area (Å²) >= 11 is 1.42. The fourth-order valence-electron chi connectivity index (χ4n) is 3.32. The fourth-order valence-corrected chi connectivity index (χ4v) is 4.45. The maximum absolute atomic E-state index is 12.8. The maximum Gasteiger partial charge on any atom is 0.416 e. The highest BCUT2D eigenvalue weighted by molar-refractivity contribution is 7.15. The number of benzene rings is 2. The summed E-state index contributed by atoms with van der Waals surface area (Å²) in [6.07, 6.45) is -3.45. The summed E-state index contributed by atoms with van der Waals surface area (Å²) in [4.78, 5) is 12.5. The molecule has 0 aliphatic heterocycles. The van der Waals surface area contributed by atoms with Crippen LogP contribution in [0.15, 0.2) is 48.5 Å². The molecule has 0 radical (unpaired) electrons. The number of carboxylic acid groups (broad SMARTS) is 1. The van der Waals surface area contributed by atoms with Crippen LogP contribution in [0.25, 0.3) is 10.4 Å². The van der Waals surface area contributed by atoms with Crippen LogP contribution >= 0.6 is 11.3 Å². The number of aliphatic carboxylic acids is 1. The molecule has 0 atom stereocenters. The number of thiophene rings is 1. The van der Waals surface area contributed by atoms with Crippen LogP contribution < -0.4 is 4.74 Å². The Morgan fingerprint density at radius 2 is 1.75 bits per heavy atom. The summed E-state index contributed by atoms with van der Waals surface area (Å²) in [5.41, 5.74) is 2.76. The van der Waals surface area contributed by atoms with E-state index in [2.05, 4.69) is 0 Å². The monoisotopic (exact) mass is 464 g/mol. The topological polar surface area (TPSA) is 66.8 Å². The van der Waals surface area contributed by atoms with Gasteiger partial charge in [-0.15, -0.1) is 11.3 Å². The molecule has 3 rings (SSSR count). The summed E-state index contributed by atoms with van der Waals surface area (Å²) in [6.45, 7) is 2.11. The second kappa shape index (κ2) is 10.2. The summed E-state index contributed by atoms with van der Waals surface area (Å²) in [7, 11) is 0. The number of carboxylic acids is 1. The molecule has 0 spiro atoms.